The van der Waals surface area contributed by atoms with Gasteiger partial charge in [0.2, 0.25) is 5.75 Å². The van der Waals surface area contributed by atoms with Gasteiger partial charge in [-0.2, -0.15) is 0 Å². The van der Waals surface area contributed by atoms with E-state index in [4.69, 9.17) is 14.2 Å². The highest BCUT2D eigenvalue weighted by atomic mass is 16.6. The summed E-state index contributed by atoms with van der Waals surface area (Å²) in [5.74, 6) is -0.692. The zero-order valence-electron chi connectivity index (χ0n) is 15.0. The van der Waals surface area contributed by atoms with Crippen molar-refractivity contribution in [1.82, 2.24) is 0 Å². The number of nitro benzene ring substituents is 1. The number of rotatable bonds is 7. The first-order valence-corrected chi connectivity index (χ1v) is 7.80. The lowest BCUT2D eigenvalue weighted by atomic mass is 10.1. The Morgan fingerprint density at radius 1 is 1.19 bits per heavy atom. The molecule has 0 aliphatic heterocycles. The molecule has 0 bridgehead atoms. The number of nitrogens with zero attached hydrogens (tertiary/aromatic N) is 1. The Labute approximate surface area is 155 Å². The quantitative estimate of drug-likeness (QED) is 0.450. The van der Waals surface area contributed by atoms with E-state index in [1.54, 1.807) is 25.1 Å². The molecule has 0 saturated heterocycles. The van der Waals surface area contributed by atoms with Gasteiger partial charge in [0, 0.05) is 17.8 Å². The van der Waals surface area contributed by atoms with Crippen LogP contribution >= 0.6 is 0 Å². The number of hydrogen-bond acceptors (Lipinski definition) is 7. The fraction of sp³-hybridized carbons (Fsp3) is 0.222. The van der Waals surface area contributed by atoms with E-state index in [2.05, 4.69) is 5.32 Å². The fourth-order valence-electron chi connectivity index (χ4n) is 2.34. The first kappa shape index (κ1) is 19.7. The van der Waals surface area contributed by atoms with Crippen LogP contribution in [0, 0.1) is 17.0 Å². The molecule has 1 amide bonds. The lowest BCUT2D eigenvalue weighted by molar-refractivity contribution is -0.385. The number of nitro groups is 1. The van der Waals surface area contributed by atoms with Gasteiger partial charge in [0.25, 0.3) is 5.91 Å². The van der Waals surface area contributed by atoms with Crippen molar-refractivity contribution in [1.29, 1.82) is 0 Å². The number of hydrogen-bond donors (Lipinski definition) is 1. The molecule has 0 aliphatic carbocycles. The van der Waals surface area contributed by atoms with Gasteiger partial charge in [-0.3, -0.25) is 14.9 Å². The molecule has 142 valence electrons. The van der Waals surface area contributed by atoms with Crippen LogP contribution < -0.4 is 14.8 Å². The summed E-state index contributed by atoms with van der Waals surface area (Å²) in [4.78, 5) is 34.1. The zero-order chi connectivity index (χ0) is 20.0. The van der Waals surface area contributed by atoms with Crippen LogP contribution in [0.4, 0.5) is 11.4 Å². The summed E-state index contributed by atoms with van der Waals surface area (Å²) in [7, 11) is 2.58. The van der Waals surface area contributed by atoms with E-state index in [-0.39, 0.29) is 23.8 Å². The van der Waals surface area contributed by atoms with Crippen LogP contribution in [0.3, 0.4) is 0 Å². The minimum Gasteiger partial charge on any atom is -0.490 e. The minimum atomic E-state index is -0.577. The molecular weight excluding hydrogens is 356 g/mol. The molecule has 9 nitrogen and oxygen atoms in total. The lowest BCUT2D eigenvalue weighted by Crippen LogP contribution is -2.21. The molecule has 0 unspecified atom stereocenters. The Balaban J connectivity index is 2.05. The number of amides is 1. The maximum atomic E-state index is 12.1. The summed E-state index contributed by atoms with van der Waals surface area (Å²) >= 11 is 0. The van der Waals surface area contributed by atoms with E-state index in [1.807, 2.05) is 0 Å². The van der Waals surface area contributed by atoms with Crippen molar-refractivity contribution in [3.05, 3.63) is 57.6 Å². The van der Waals surface area contributed by atoms with Crippen LogP contribution in [0.15, 0.2) is 36.4 Å². The third-order valence-electron chi connectivity index (χ3n) is 3.73. The number of anilines is 1. The van der Waals surface area contributed by atoms with Crippen LogP contribution in [0.25, 0.3) is 0 Å². The van der Waals surface area contributed by atoms with Gasteiger partial charge >= 0.3 is 11.7 Å². The van der Waals surface area contributed by atoms with Crippen LogP contribution in [0.5, 0.6) is 11.5 Å². The summed E-state index contributed by atoms with van der Waals surface area (Å²) in [5.41, 5.74) is 1.16. The van der Waals surface area contributed by atoms with Crippen molar-refractivity contribution < 1.29 is 28.7 Å². The van der Waals surface area contributed by atoms with E-state index in [0.29, 0.717) is 16.8 Å². The lowest BCUT2D eigenvalue weighted by Gasteiger charge is -2.12. The van der Waals surface area contributed by atoms with Crippen molar-refractivity contribution >= 4 is 23.3 Å². The van der Waals surface area contributed by atoms with Gasteiger partial charge in [0.15, 0.2) is 6.61 Å². The van der Waals surface area contributed by atoms with E-state index < -0.39 is 16.8 Å². The summed E-state index contributed by atoms with van der Waals surface area (Å²) in [5, 5.41) is 13.5. The standard InChI is InChI=1S/C18H18N2O7/c1-11-13(18(22)26-3)5-4-6-14(11)19-17(21)10-27-12-7-8-15(20(23)24)16(9-12)25-2/h4-9H,10H2,1-3H3,(H,19,21). The monoisotopic (exact) mass is 374 g/mol. The highest BCUT2D eigenvalue weighted by Gasteiger charge is 2.16. The second-order valence-corrected chi connectivity index (χ2v) is 5.40. The van der Waals surface area contributed by atoms with Gasteiger partial charge in [-0.25, -0.2) is 4.79 Å². The van der Waals surface area contributed by atoms with Crippen LogP contribution in [-0.2, 0) is 9.53 Å². The molecule has 9 heteroatoms. The van der Waals surface area contributed by atoms with Crippen molar-refractivity contribution in [3.63, 3.8) is 0 Å². The first-order chi connectivity index (χ1) is 12.9. The number of carbonyl (C=O) groups is 2. The average molecular weight is 374 g/mol. The van der Waals surface area contributed by atoms with Crippen molar-refractivity contribution in [2.45, 2.75) is 6.92 Å². The smallest absolute Gasteiger partial charge is 0.338 e. The van der Waals surface area contributed by atoms with Crippen LogP contribution in [0.2, 0.25) is 0 Å². The summed E-state index contributed by atoms with van der Waals surface area (Å²) < 4.78 is 15.0. The highest BCUT2D eigenvalue weighted by Crippen LogP contribution is 2.30. The van der Waals surface area contributed by atoms with Crippen LogP contribution in [0.1, 0.15) is 15.9 Å². The Hall–Kier alpha value is -3.62. The molecule has 2 aromatic rings. The predicted molar refractivity (Wildman–Crippen MR) is 96.3 cm³/mol. The van der Waals surface area contributed by atoms with Crippen molar-refractivity contribution in [2.75, 3.05) is 26.1 Å². The maximum absolute atomic E-state index is 12.1. The molecule has 27 heavy (non-hydrogen) atoms. The van der Waals surface area contributed by atoms with E-state index in [9.17, 15) is 19.7 Å². The van der Waals surface area contributed by atoms with Gasteiger partial charge in [0.1, 0.15) is 5.75 Å². The van der Waals surface area contributed by atoms with E-state index >= 15 is 0 Å². The number of benzene rings is 2. The number of methoxy groups -OCH3 is 2. The normalized spacial score (nSPS) is 10.0. The van der Waals surface area contributed by atoms with Gasteiger partial charge in [-0.15, -0.1) is 0 Å². The molecule has 0 radical (unpaired) electrons. The van der Waals surface area contributed by atoms with Gasteiger partial charge in [-0.1, -0.05) is 6.07 Å². The predicted octanol–water partition coefficient (Wildman–Crippen LogP) is 2.72. The minimum absolute atomic E-state index is 0.0273. The highest BCUT2D eigenvalue weighted by molar-refractivity contribution is 5.97. The van der Waals surface area contributed by atoms with Crippen molar-refractivity contribution in [3.8, 4) is 11.5 Å². The Morgan fingerprint density at radius 3 is 2.56 bits per heavy atom. The Morgan fingerprint density at radius 2 is 1.93 bits per heavy atom. The molecule has 2 rings (SSSR count). The summed E-state index contributed by atoms with van der Waals surface area (Å²) in [6.45, 7) is 1.35. The Bertz CT molecular complexity index is 880. The average Bonchev–Trinajstić information content (AvgIpc) is 2.67. The second-order valence-electron chi connectivity index (χ2n) is 5.40. The Kier molecular flexibility index (Phi) is 6.32. The molecule has 0 fully saturated rings. The third kappa shape index (κ3) is 4.72. The molecule has 2 aromatic carbocycles. The van der Waals surface area contributed by atoms with Gasteiger partial charge in [0.05, 0.1) is 24.7 Å². The molecule has 0 aromatic heterocycles. The largest absolute Gasteiger partial charge is 0.490 e. The molecule has 1 N–H and O–H groups in total. The molecule has 0 saturated carbocycles. The van der Waals surface area contributed by atoms with Crippen molar-refractivity contribution in [2.24, 2.45) is 0 Å². The summed E-state index contributed by atoms with van der Waals surface area (Å²) in [6.07, 6.45) is 0. The maximum Gasteiger partial charge on any atom is 0.338 e. The molecular formula is C18H18N2O7. The van der Waals surface area contributed by atoms with Gasteiger partial charge in [-0.05, 0) is 30.7 Å². The molecule has 0 atom stereocenters. The molecule has 0 heterocycles. The number of carbonyl (C=O) groups excluding carboxylic acids is 2. The number of esters is 1. The van der Waals surface area contributed by atoms with Gasteiger partial charge < -0.3 is 19.5 Å². The molecule has 0 aliphatic rings. The second kappa shape index (κ2) is 8.65. The van der Waals surface area contributed by atoms with E-state index in [1.165, 1.54) is 32.4 Å². The number of nitrogens with one attached hydrogen (secondary N) is 1. The first-order valence-electron chi connectivity index (χ1n) is 7.80. The van der Waals surface area contributed by atoms with E-state index in [0.717, 1.165) is 0 Å². The third-order valence-corrected chi connectivity index (χ3v) is 3.73. The topological polar surface area (TPSA) is 117 Å². The van der Waals surface area contributed by atoms with Crippen LogP contribution in [-0.4, -0.2) is 37.6 Å². The zero-order valence-corrected chi connectivity index (χ0v) is 15.0. The molecule has 0 spiro atoms. The SMILES string of the molecule is COC(=O)c1cccc(NC(=O)COc2ccc([N+](=O)[O-])c(OC)c2)c1C. The fourth-order valence-corrected chi connectivity index (χ4v) is 2.34. The number of ether oxygens (including phenoxy) is 3. The summed E-state index contributed by atoms with van der Waals surface area (Å²) in [6, 6.07) is 8.80.